The van der Waals surface area contributed by atoms with Crippen molar-refractivity contribution in [3.8, 4) is 0 Å². The number of carbonyl (C=O) groups excluding carboxylic acids is 6. The number of aliphatic carboxylic acids is 1. The van der Waals surface area contributed by atoms with Crippen LogP contribution < -0.4 is 0 Å². The van der Waals surface area contributed by atoms with Crippen molar-refractivity contribution in [1.82, 2.24) is 14.7 Å². The number of rotatable bonds is 74. The van der Waals surface area contributed by atoms with Crippen molar-refractivity contribution in [2.24, 2.45) is 23.7 Å². The molecule has 18 heteroatoms. The molecule has 0 fully saturated rings. The summed E-state index contributed by atoms with van der Waals surface area (Å²) in [5.41, 5.74) is 0. The van der Waals surface area contributed by atoms with E-state index in [4.69, 9.17) is 33.2 Å². The van der Waals surface area contributed by atoms with E-state index in [2.05, 4.69) is 70.2 Å². The standard InChI is InChI=1S/C79H149N3O15/c1-9-16-23-26-45-70(42-20-13-5)77(88)95-66-34-31-63-92-74(85)50-58-81(57-39-62-91-61-30-29-41-69(40-19-12-4)48-49-73(83)84)55-37-53-80(8)54-38-56-82(59-51-75(86)93-64-32-35-67-96-78(89)71(43-21-14-6)46-27-24-17-10-2)60-52-76(87)94-65-33-36-68-97-79(90)72(44-22-15-7)47-28-25-18-11-3/h69-72H,9-68H2,1-8H3,(H,83,84). The monoisotopic (exact) mass is 1380 g/mol. The Labute approximate surface area is 592 Å². The van der Waals surface area contributed by atoms with Crippen LogP contribution >= 0.6 is 0 Å². The quantitative estimate of drug-likeness (QED) is 0.0340. The normalized spacial score (nSPS) is 12.8. The maximum Gasteiger partial charge on any atom is 0.308 e. The Balaban J connectivity index is 5.59. The molecule has 0 bridgehead atoms. The van der Waals surface area contributed by atoms with Crippen molar-refractivity contribution in [1.29, 1.82) is 0 Å². The van der Waals surface area contributed by atoms with Gasteiger partial charge in [0.15, 0.2) is 0 Å². The number of carboxylic acids is 1. The van der Waals surface area contributed by atoms with Crippen molar-refractivity contribution in [3.05, 3.63) is 0 Å². The molecule has 0 saturated carbocycles. The van der Waals surface area contributed by atoms with Crippen LogP contribution in [0.25, 0.3) is 0 Å². The summed E-state index contributed by atoms with van der Waals surface area (Å²) in [5.74, 6) is -1.59. The molecule has 0 rings (SSSR count). The number of hydrogen-bond donors (Lipinski definition) is 1. The molecule has 0 saturated heterocycles. The highest BCUT2D eigenvalue weighted by Gasteiger charge is 2.23. The van der Waals surface area contributed by atoms with E-state index in [9.17, 15) is 38.7 Å². The van der Waals surface area contributed by atoms with E-state index in [0.717, 1.165) is 225 Å². The average molecular weight is 1380 g/mol. The number of hydrogen-bond acceptors (Lipinski definition) is 17. The highest BCUT2D eigenvalue weighted by Crippen LogP contribution is 2.24. The summed E-state index contributed by atoms with van der Waals surface area (Å²) in [6.07, 6.45) is 39.1. The zero-order valence-electron chi connectivity index (χ0n) is 63.7. The summed E-state index contributed by atoms with van der Waals surface area (Å²) in [5, 5.41) is 9.24. The molecule has 0 amide bonds. The second-order valence-electron chi connectivity index (χ2n) is 27.7. The molecular weight excluding hydrogens is 1230 g/mol. The van der Waals surface area contributed by atoms with E-state index in [-0.39, 0.29) is 99.1 Å². The van der Waals surface area contributed by atoms with E-state index in [1.54, 1.807) is 0 Å². The van der Waals surface area contributed by atoms with Crippen LogP contribution in [0.2, 0.25) is 0 Å². The zero-order chi connectivity index (χ0) is 71.5. The molecule has 0 aliphatic rings. The molecule has 0 aliphatic heterocycles. The number of ether oxygens (including phenoxy) is 7. The van der Waals surface area contributed by atoms with Gasteiger partial charge in [-0.25, -0.2) is 0 Å². The molecule has 4 unspecified atom stereocenters. The number of unbranched alkanes of at least 4 members (excludes halogenated alkanes) is 17. The van der Waals surface area contributed by atoms with Crippen molar-refractivity contribution in [3.63, 3.8) is 0 Å². The maximum atomic E-state index is 13.1. The highest BCUT2D eigenvalue weighted by molar-refractivity contribution is 5.73. The van der Waals surface area contributed by atoms with Gasteiger partial charge >= 0.3 is 41.8 Å². The molecule has 0 heterocycles. The summed E-state index contributed by atoms with van der Waals surface area (Å²) in [7, 11) is 2.11. The van der Waals surface area contributed by atoms with Crippen molar-refractivity contribution in [2.45, 2.75) is 331 Å². The van der Waals surface area contributed by atoms with Crippen LogP contribution in [0.3, 0.4) is 0 Å². The molecule has 0 aromatic carbocycles. The lowest BCUT2D eigenvalue weighted by atomic mass is 9.91. The van der Waals surface area contributed by atoms with Crippen LogP contribution in [0.15, 0.2) is 0 Å². The molecule has 570 valence electrons. The van der Waals surface area contributed by atoms with Crippen LogP contribution in [0, 0.1) is 23.7 Å². The second kappa shape index (κ2) is 69.2. The van der Waals surface area contributed by atoms with E-state index in [1.807, 2.05) is 0 Å². The summed E-state index contributed by atoms with van der Waals surface area (Å²) in [6.45, 7) is 23.5. The van der Waals surface area contributed by atoms with Crippen molar-refractivity contribution < 1.29 is 71.8 Å². The number of nitrogens with zero attached hydrogens (tertiary/aromatic N) is 3. The van der Waals surface area contributed by atoms with Gasteiger partial charge in [-0.1, -0.05) is 196 Å². The van der Waals surface area contributed by atoms with Gasteiger partial charge in [-0.15, -0.1) is 0 Å². The minimum atomic E-state index is -0.727. The first-order valence-electron chi connectivity index (χ1n) is 40.1. The van der Waals surface area contributed by atoms with Crippen LogP contribution in [-0.2, 0) is 66.7 Å². The number of carboxylic acid groups (broad SMARTS) is 1. The number of carbonyl (C=O) groups is 7. The summed E-state index contributed by atoms with van der Waals surface area (Å²) in [4.78, 5) is 96.1. The van der Waals surface area contributed by atoms with Crippen molar-refractivity contribution >= 4 is 41.8 Å². The zero-order valence-corrected chi connectivity index (χ0v) is 63.7. The fourth-order valence-electron chi connectivity index (χ4n) is 12.2. The molecular formula is C79H149N3O15. The van der Waals surface area contributed by atoms with Crippen LogP contribution in [0.5, 0.6) is 0 Å². The Morgan fingerprint density at radius 1 is 0.278 bits per heavy atom. The first kappa shape index (κ1) is 93.1. The van der Waals surface area contributed by atoms with Gasteiger partial charge in [0.1, 0.15) is 0 Å². The molecule has 97 heavy (non-hydrogen) atoms. The lowest BCUT2D eigenvalue weighted by Gasteiger charge is -2.25. The van der Waals surface area contributed by atoms with Gasteiger partial charge in [0.2, 0.25) is 0 Å². The number of esters is 6. The SMILES string of the molecule is CCCCCCC(CCCC)C(=O)OCCCCOC(=O)CCN(CCCOCCCCC(CCCC)CCC(=O)O)CCCN(C)CCCN(CCC(=O)OCCCCOC(=O)C(CCCC)CCCCCC)CCC(=O)OCCCCOC(=O)C(CCCC)CCCCCC. The highest BCUT2D eigenvalue weighted by atomic mass is 16.6. The fourth-order valence-corrected chi connectivity index (χ4v) is 12.2. The summed E-state index contributed by atoms with van der Waals surface area (Å²) < 4.78 is 40.1. The second-order valence-corrected chi connectivity index (χ2v) is 27.7. The van der Waals surface area contributed by atoms with Crippen molar-refractivity contribution in [2.75, 3.05) is 112 Å². The van der Waals surface area contributed by atoms with E-state index in [0.29, 0.717) is 104 Å². The molecule has 1 N–H and O–H groups in total. The first-order valence-corrected chi connectivity index (χ1v) is 40.1. The maximum absolute atomic E-state index is 13.1. The predicted molar refractivity (Wildman–Crippen MR) is 391 cm³/mol. The topological polar surface area (TPSA) is 214 Å². The molecule has 4 atom stereocenters. The average Bonchev–Trinajstić information content (AvgIpc) is 2.91. The molecule has 0 aliphatic carbocycles. The van der Waals surface area contributed by atoms with Crippen LogP contribution in [-0.4, -0.2) is 174 Å². The van der Waals surface area contributed by atoms with Gasteiger partial charge in [-0.3, -0.25) is 33.6 Å². The molecule has 18 nitrogen and oxygen atoms in total. The van der Waals surface area contributed by atoms with Gasteiger partial charge in [-0.05, 0) is 148 Å². The third-order valence-corrected chi connectivity index (χ3v) is 18.6. The molecule has 0 aromatic rings. The summed E-state index contributed by atoms with van der Waals surface area (Å²) in [6, 6.07) is 0. The minimum Gasteiger partial charge on any atom is -0.481 e. The Morgan fingerprint density at radius 3 is 0.928 bits per heavy atom. The lowest BCUT2D eigenvalue weighted by Crippen LogP contribution is -2.34. The first-order chi connectivity index (χ1) is 47.2. The lowest BCUT2D eigenvalue weighted by molar-refractivity contribution is -0.150. The van der Waals surface area contributed by atoms with Gasteiger partial charge in [0.25, 0.3) is 0 Å². The fraction of sp³-hybridized carbons (Fsp3) is 0.911. The Bertz CT molecular complexity index is 1810. The van der Waals surface area contributed by atoms with Gasteiger partial charge in [0, 0.05) is 45.8 Å². The van der Waals surface area contributed by atoms with Gasteiger partial charge in [0.05, 0.1) is 76.7 Å². The Kier molecular flexibility index (Phi) is 66.5. The van der Waals surface area contributed by atoms with Crippen LogP contribution in [0.1, 0.15) is 331 Å². The third-order valence-electron chi connectivity index (χ3n) is 18.6. The molecule has 0 spiro atoms. The van der Waals surface area contributed by atoms with Gasteiger partial charge in [-0.2, -0.15) is 0 Å². The van der Waals surface area contributed by atoms with E-state index >= 15 is 0 Å². The Morgan fingerprint density at radius 2 is 0.567 bits per heavy atom. The predicted octanol–water partition coefficient (Wildman–Crippen LogP) is 17.7. The van der Waals surface area contributed by atoms with E-state index in [1.165, 1.54) is 19.3 Å². The van der Waals surface area contributed by atoms with Crippen LogP contribution in [0.4, 0.5) is 0 Å². The van der Waals surface area contributed by atoms with Gasteiger partial charge < -0.3 is 53.0 Å². The van der Waals surface area contributed by atoms with E-state index < -0.39 is 5.97 Å². The molecule has 0 radical (unpaired) electrons. The minimum absolute atomic E-state index is 0.0380. The third kappa shape index (κ3) is 59.5. The smallest absolute Gasteiger partial charge is 0.308 e. The largest absolute Gasteiger partial charge is 0.481 e. The summed E-state index contributed by atoms with van der Waals surface area (Å²) >= 11 is 0. The molecule has 0 aromatic heterocycles. The Hall–Kier alpha value is -3.87.